The van der Waals surface area contributed by atoms with E-state index in [0.29, 0.717) is 10.6 Å². The Labute approximate surface area is 137 Å². The molecule has 0 atom stereocenters. The Balaban J connectivity index is 2.38. The summed E-state index contributed by atoms with van der Waals surface area (Å²) < 4.78 is 0. The molecule has 0 aliphatic rings. The first-order valence-corrected chi connectivity index (χ1v) is 9.72. The zero-order chi connectivity index (χ0) is 15.8. The lowest BCUT2D eigenvalue weighted by Gasteiger charge is -2.07. The second-order valence-electron chi connectivity index (χ2n) is 5.79. The van der Waals surface area contributed by atoms with Crippen molar-refractivity contribution >= 4 is 39.6 Å². The molecular weight excluding hydrogens is 300 g/mol. The van der Waals surface area contributed by atoms with Crippen LogP contribution in [-0.2, 0) is 0 Å². The number of anilines is 2. The summed E-state index contributed by atoms with van der Waals surface area (Å²) in [4.78, 5) is 13.2. The Kier molecular flexibility index (Phi) is 8.19. The standard InChI is InChI=1S/C16H28N2OS2/c1-11(2)9-7-5-6-8-10-18-16-15(20-4)13(17)14(21-16)12(3)19/h11,18H,5-10,17H2,1-4H3. The number of carbonyl (C=O) groups excluding carboxylic acids is 1. The first-order chi connectivity index (χ1) is 9.97. The van der Waals surface area contributed by atoms with Gasteiger partial charge in [-0.1, -0.05) is 39.5 Å². The molecule has 0 amide bonds. The van der Waals surface area contributed by atoms with Gasteiger partial charge in [0.25, 0.3) is 0 Å². The topological polar surface area (TPSA) is 55.1 Å². The first-order valence-electron chi connectivity index (χ1n) is 7.68. The van der Waals surface area contributed by atoms with Gasteiger partial charge in [-0.15, -0.1) is 23.1 Å². The summed E-state index contributed by atoms with van der Waals surface area (Å²) in [7, 11) is 0. The highest BCUT2D eigenvalue weighted by Crippen LogP contribution is 2.41. The molecule has 0 radical (unpaired) electrons. The molecule has 0 unspecified atom stereocenters. The lowest BCUT2D eigenvalue weighted by atomic mass is 10.0. The Bertz CT molecular complexity index is 455. The van der Waals surface area contributed by atoms with Crippen LogP contribution in [-0.4, -0.2) is 18.6 Å². The maximum absolute atomic E-state index is 11.5. The number of hydrogen-bond donors (Lipinski definition) is 2. The van der Waals surface area contributed by atoms with Crippen LogP contribution in [0.2, 0.25) is 0 Å². The monoisotopic (exact) mass is 328 g/mol. The van der Waals surface area contributed by atoms with Gasteiger partial charge < -0.3 is 11.1 Å². The van der Waals surface area contributed by atoms with Gasteiger partial charge in [0.05, 0.1) is 15.5 Å². The molecule has 0 aliphatic carbocycles. The molecule has 1 aromatic rings. The number of nitrogen functional groups attached to an aromatic ring is 1. The Morgan fingerprint density at radius 2 is 1.95 bits per heavy atom. The quantitative estimate of drug-likeness (QED) is 0.349. The predicted molar refractivity (Wildman–Crippen MR) is 96.9 cm³/mol. The zero-order valence-electron chi connectivity index (χ0n) is 13.6. The van der Waals surface area contributed by atoms with Crippen LogP contribution in [0, 0.1) is 5.92 Å². The number of Topliss-reactive ketones (excluding diaryl/α,β-unsaturated/α-hetero) is 1. The molecule has 1 rings (SSSR count). The number of thioether (sulfide) groups is 1. The minimum absolute atomic E-state index is 0.0505. The van der Waals surface area contributed by atoms with E-state index in [0.717, 1.165) is 22.4 Å². The van der Waals surface area contributed by atoms with E-state index >= 15 is 0 Å². The van der Waals surface area contributed by atoms with E-state index in [4.69, 9.17) is 5.73 Å². The van der Waals surface area contributed by atoms with E-state index in [2.05, 4.69) is 19.2 Å². The normalized spacial score (nSPS) is 11.1. The SMILES string of the molecule is CSc1c(NCCCCCCC(C)C)sc(C(C)=O)c1N. The van der Waals surface area contributed by atoms with Crippen LogP contribution in [0.25, 0.3) is 0 Å². The molecule has 3 N–H and O–H groups in total. The molecule has 120 valence electrons. The fourth-order valence-corrected chi connectivity index (χ4v) is 4.20. The molecule has 1 heterocycles. The number of carbonyl (C=O) groups is 1. The number of thiophene rings is 1. The lowest BCUT2D eigenvalue weighted by Crippen LogP contribution is -2.01. The highest BCUT2D eigenvalue weighted by Gasteiger charge is 2.17. The average molecular weight is 329 g/mol. The molecule has 0 spiro atoms. The maximum atomic E-state index is 11.5. The molecule has 0 aromatic carbocycles. The fraction of sp³-hybridized carbons (Fsp3) is 0.688. The van der Waals surface area contributed by atoms with Crippen molar-refractivity contribution in [1.29, 1.82) is 0 Å². The van der Waals surface area contributed by atoms with Crippen LogP contribution in [0.5, 0.6) is 0 Å². The van der Waals surface area contributed by atoms with Crippen molar-refractivity contribution in [3.8, 4) is 0 Å². The second-order valence-corrected chi connectivity index (χ2v) is 7.62. The fourth-order valence-electron chi connectivity index (χ4n) is 2.24. The van der Waals surface area contributed by atoms with Crippen molar-refractivity contribution in [2.45, 2.75) is 57.8 Å². The van der Waals surface area contributed by atoms with Gasteiger partial charge >= 0.3 is 0 Å². The summed E-state index contributed by atoms with van der Waals surface area (Å²) in [6.45, 7) is 7.08. The maximum Gasteiger partial charge on any atom is 0.171 e. The molecule has 1 aromatic heterocycles. The van der Waals surface area contributed by atoms with E-state index in [9.17, 15) is 4.79 Å². The highest BCUT2D eigenvalue weighted by molar-refractivity contribution is 7.99. The third-order valence-electron chi connectivity index (χ3n) is 3.42. The lowest BCUT2D eigenvalue weighted by molar-refractivity contribution is 0.102. The van der Waals surface area contributed by atoms with Crippen molar-refractivity contribution in [1.82, 2.24) is 0 Å². The van der Waals surface area contributed by atoms with Crippen molar-refractivity contribution < 1.29 is 4.79 Å². The molecule has 3 nitrogen and oxygen atoms in total. The van der Waals surface area contributed by atoms with Gasteiger partial charge in [-0.05, 0) is 18.6 Å². The molecule has 0 fully saturated rings. The second kappa shape index (κ2) is 9.36. The number of rotatable bonds is 10. The Hall–Kier alpha value is -0.680. The molecule has 0 aliphatic heterocycles. The van der Waals surface area contributed by atoms with Crippen molar-refractivity contribution in [3.63, 3.8) is 0 Å². The average Bonchev–Trinajstić information content (AvgIpc) is 2.73. The predicted octanol–water partition coefficient (Wildman–Crippen LogP) is 5.27. The van der Waals surface area contributed by atoms with E-state index in [1.54, 1.807) is 18.7 Å². The van der Waals surface area contributed by atoms with Crippen LogP contribution >= 0.6 is 23.1 Å². The van der Waals surface area contributed by atoms with Crippen LogP contribution in [0.15, 0.2) is 4.90 Å². The molecule has 5 heteroatoms. The van der Waals surface area contributed by atoms with E-state index < -0.39 is 0 Å². The minimum atomic E-state index is 0.0505. The van der Waals surface area contributed by atoms with Crippen LogP contribution in [0.4, 0.5) is 10.7 Å². The Morgan fingerprint density at radius 1 is 1.29 bits per heavy atom. The number of nitrogens with two attached hydrogens (primary N) is 1. The van der Waals surface area contributed by atoms with Gasteiger partial charge in [-0.2, -0.15) is 0 Å². The van der Waals surface area contributed by atoms with Crippen molar-refractivity contribution in [3.05, 3.63) is 4.88 Å². The zero-order valence-corrected chi connectivity index (χ0v) is 15.3. The first kappa shape index (κ1) is 18.4. The third-order valence-corrected chi connectivity index (χ3v) is 5.64. The van der Waals surface area contributed by atoms with Gasteiger partial charge in [0.1, 0.15) is 5.00 Å². The van der Waals surface area contributed by atoms with Crippen LogP contribution < -0.4 is 11.1 Å². The van der Waals surface area contributed by atoms with Crippen LogP contribution in [0.1, 0.15) is 62.5 Å². The van der Waals surface area contributed by atoms with Gasteiger partial charge in [0.15, 0.2) is 5.78 Å². The third kappa shape index (κ3) is 5.91. The largest absolute Gasteiger partial charge is 0.396 e. The summed E-state index contributed by atoms with van der Waals surface area (Å²) in [6, 6.07) is 0. The summed E-state index contributed by atoms with van der Waals surface area (Å²) >= 11 is 3.09. The minimum Gasteiger partial charge on any atom is -0.396 e. The summed E-state index contributed by atoms with van der Waals surface area (Å²) in [5, 5.41) is 4.49. The summed E-state index contributed by atoms with van der Waals surface area (Å²) in [5.41, 5.74) is 6.68. The van der Waals surface area contributed by atoms with Gasteiger partial charge in [0, 0.05) is 13.5 Å². The Morgan fingerprint density at radius 3 is 2.52 bits per heavy atom. The number of nitrogens with one attached hydrogen (secondary N) is 1. The van der Waals surface area contributed by atoms with Gasteiger partial charge in [-0.25, -0.2) is 0 Å². The molecule has 0 bridgehead atoms. The van der Waals surface area contributed by atoms with E-state index in [-0.39, 0.29) is 5.78 Å². The van der Waals surface area contributed by atoms with Gasteiger partial charge in [0.2, 0.25) is 0 Å². The number of ketones is 1. The highest BCUT2D eigenvalue weighted by atomic mass is 32.2. The molecule has 0 saturated heterocycles. The molecular formula is C16H28N2OS2. The summed E-state index contributed by atoms with van der Waals surface area (Å²) in [6.07, 6.45) is 8.38. The number of hydrogen-bond acceptors (Lipinski definition) is 5. The van der Waals surface area contributed by atoms with E-state index in [1.807, 2.05) is 6.26 Å². The molecule has 0 saturated carbocycles. The number of unbranched alkanes of at least 4 members (excludes halogenated alkanes) is 3. The van der Waals surface area contributed by atoms with Crippen molar-refractivity contribution in [2.24, 2.45) is 5.92 Å². The summed E-state index contributed by atoms with van der Waals surface area (Å²) in [5.74, 6) is 0.862. The van der Waals surface area contributed by atoms with Crippen LogP contribution in [0.3, 0.4) is 0 Å². The van der Waals surface area contributed by atoms with Gasteiger partial charge in [-0.3, -0.25) is 4.79 Å². The van der Waals surface area contributed by atoms with E-state index in [1.165, 1.54) is 43.4 Å². The van der Waals surface area contributed by atoms with Crippen molar-refractivity contribution in [2.75, 3.05) is 23.9 Å². The smallest absolute Gasteiger partial charge is 0.171 e. The molecule has 21 heavy (non-hydrogen) atoms.